The summed E-state index contributed by atoms with van der Waals surface area (Å²) in [6, 6.07) is 6.74. The van der Waals surface area contributed by atoms with Gasteiger partial charge in [0, 0.05) is 30.3 Å². The van der Waals surface area contributed by atoms with E-state index in [0.29, 0.717) is 6.04 Å². The number of benzene rings is 1. The van der Waals surface area contributed by atoms with Crippen LogP contribution in [-0.4, -0.2) is 20.1 Å². The molecule has 0 aliphatic heterocycles. The van der Waals surface area contributed by atoms with E-state index in [-0.39, 0.29) is 5.41 Å². The van der Waals surface area contributed by atoms with Crippen LogP contribution in [0.15, 0.2) is 18.2 Å². The van der Waals surface area contributed by atoms with Crippen LogP contribution in [0.5, 0.6) is 0 Å². The summed E-state index contributed by atoms with van der Waals surface area (Å²) < 4.78 is 0. The molecule has 0 heterocycles. The van der Waals surface area contributed by atoms with E-state index in [1.165, 1.54) is 5.69 Å². The van der Waals surface area contributed by atoms with Gasteiger partial charge in [-0.05, 0) is 37.1 Å². The molecule has 102 valence electrons. The van der Waals surface area contributed by atoms with Crippen LogP contribution in [0.1, 0.15) is 33.3 Å². The molecule has 1 N–H and O–H groups in total. The van der Waals surface area contributed by atoms with E-state index in [1.807, 2.05) is 7.05 Å². The Morgan fingerprint density at radius 1 is 1.33 bits per heavy atom. The maximum absolute atomic E-state index is 6.30. The maximum Gasteiger partial charge on any atom is 0.0471 e. The highest BCUT2D eigenvalue weighted by Crippen LogP contribution is 2.29. The fourth-order valence-corrected chi connectivity index (χ4v) is 2.14. The van der Waals surface area contributed by atoms with Gasteiger partial charge in [-0.25, -0.2) is 0 Å². The Labute approximate surface area is 116 Å². The van der Waals surface area contributed by atoms with Crippen molar-refractivity contribution in [2.45, 2.75) is 40.3 Å². The Bertz CT molecular complexity index is 396. The second-order valence-electron chi connectivity index (χ2n) is 5.96. The predicted octanol–water partition coefficient (Wildman–Crippen LogP) is 3.93. The van der Waals surface area contributed by atoms with E-state index in [2.05, 4.69) is 63.2 Å². The molecule has 0 spiro atoms. The van der Waals surface area contributed by atoms with Gasteiger partial charge in [-0.3, -0.25) is 0 Å². The fourth-order valence-electron chi connectivity index (χ4n) is 1.89. The molecule has 0 aliphatic rings. The van der Waals surface area contributed by atoms with Crippen molar-refractivity contribution < 1.29 is 0 Å². The zero-order valence-corrected chi connectivity index (χ0v) is 13.1. The van der Waals surface area contributed by atoms with Crippen LogP contribution in [0.25, 0.3) is 0 Å². The first-order chi connectivity index (χ1) is 8.27. The second-order valence-corrected chi connectivity index (χ2v) is 6.37. The molecule has 1 unspecified atom stereocenters. The topological polar surface area (TPSA) is 15.3 Å². The van der Waals surface area contributed by atoms with Crippen LogP contribution in [0.3, 0.4) is 0 Å². The Hall–Kier alpha value is -0.730. The number of hydrogen-bond acceptors (Lipinski definition) is 2. The summed E-state index contributed by atoms with van der Waals surface area (Å²) >= 11 is 6.30. The SMILES string of the molecule is CNCc1ccc(N(C)C(C)C(C)(C)C)cc1Cl. The normalized spacial score (nSPS) is 13.5. The van der Waals surface area contributed by atoms with Crippen LogP contribution in [0.2, 0.25) is 5.02 Å². The summed E-state index contributed by atoms with van der Waals surface area (Å²) in [5.74, 6) is 0. The van der Waals surface area contributed by atoms with Gasteiger partial charge in [-0.1, -0.05) is 38.4 Å². The van der Waals surface area contributed by atoms with Crippen LogP contribution < -0.4 is 10.2 Å². The molecule has 0 radical (unpaired) electrons. The summed E-state index contributed by atoms with van der Waals surface area (Å²) in [5.41, 5.74) is 2.55. The van der Waals surface area contributed by atoms with Gasteiger partial charge in [0.05, 0.1) is 0 Å². The summed E-state index contributed by atoms with van der Waals surface area (Å²) in [6.07, 6.45) is 0. The Balaban J connectivity index is 2.94. The molecule has 0 bridgehead atoms. The minimum atomic E-state index is 0.241. The summed E-state index contributed by atoms with van der Waals surface area (Å²) in [4.78, 5) is 2.29. The molecular weight excluding hydrogens is 244 g/mol. The van der Waals surface area contributed by atoms with E-state index < -0.39 is 0 Å². The fraction of sp³-hybridized carbons (Fsp3) is 0.600. The van der Waals surface area contributed by atoms with Crippen molar-refractivity contribution in [2.24, 2.45) is 5.41 Å². The van der Waals surface area contributed by atoms with Gasteiger partial charge >= 0.3 is 0 Å². The minimum absolute atomic E-state index is 0.241. The van der Waals surface area contributed by atoms with Gasteiger partial charge in [-0.2, -0.15) is 0 Å². The number of hydrogen-bond donors (Lipinski definition) is 1. The van der Waals surface area contributed by atoms with Crippen molar-refractivity contribution in [3.8, 4) is 0 Å². The average molecular weight is 269 g/mol. The third kappa shape index (κ3) is 3.63. The quantitative estimate of drug-likeness (QED) is 0.890. The maximum atomic E-state index is 6.30. The lowest BCUT2D eigenvalue weighted by Crippen LogP contribution is -2.39. The molecule has 3 heteroatoms. The largest absolute Gasteiger partial charge is 0.371 e. The molecule has 1 aromatic rings. The molecule has 0 aromatic heterocycles. The highest BCUT2D eigenvalue weighted by atomic mass is 35.5. The first-order valence-electron chi connectivity index (χ1n) is 6.43. The first kappa shape index (κ1) is 15.3. The Morgan fingerprint density at radius 3 is 2.39 bits per heavy atom. The summed E-state index contributed by atoms with van der Waals surface area (Å²) in [7, 11) is 4.05. The van der Waals surface area contributed by atoms with Crippen molar-refractivity contribution in [3.63, 3.8) is 0 Å². The zero-order chi connectivity index (χ0) is 13.9. The third-order valence-corrected chi connectivity index (χ3v) is 4.00. The Kier molecular flexibility index (Phi) is 5.06. The first-order valence-corrected chi connectivity index (χ1v) is 6.81. The number of halogens is 1. The average Bonchev–Trinajstić information content (AvgIpc) is 2.29. The number of nitrogens with zero attached hydrogens (tertiary/aromatic N) is 1. The lowest BCUT2D eigenvalue weighted by Gasteiger charge is -2.37. The molecule has 0 aliphatic carbocycles. The highest BCUT2D eigenvalue weighted by molar-refractivity contribution is 6.31. The molecule has 0 saturated heterocycles. The van der Waals surface area contributed by atoms with E-state index in [0.717, 1.165) is 17.1 Å². The minimum Gasteiger partial charge on any atom is -0.371 e. The standard InChI is InChI=1S/C15H25ClN2/c1-11(15(2,3)4)18(6)13-8-7-12(10-17-5)14(16)9-13/h7-9,11,17H,10H2,1-6H3. The smallest absolute Gasteiger partial charge is 0.0471 e. The van der Waals surface area contributed by atoms with E-state index >= 15 is 0 Å². The molecule has 0 fully saturated rings. The van der Waals surface area contributed by atoms with Crippen molar-refractivity contribution in [1.29, 1.82) is 0 Å². The van der Waals surface area contributed by atoms with Crippen molar-refractivity contribution >= 4 is 17.3 Å². The molecule has 0 saturated carbocycles. The van der Waals surface area contributed by atoms with Crippen molar-refractivity contribution in [1.82, 2.24) is 5.32 Å². The van der Waals surface area contributed by atoms with Crippen LogP contribution >= 0.6 is 11.6 Å². The van der Waals surface area contributed by atoms with Gasteiger partial charge in [0.2, 0.25) is 0 Å². The molecule has 1 rings (SSSR count). The molecule has 18 heavy (non-hydrogen) atoms. The van der Waals surface area contributed by atoms with Crippen molar-refractivity contribution in [2.75, 3.05) is 19.0 Å². The van der Waals surface area contributed by atoms with Crippen LogP contribution in [0.4, 0.5) is 5.69 Å². The third-order valence-electron chi connectivity index (χ3n) is 3.65. The van der Waals surface area contributed by atoms with Crippen LogP contribution in [0, 0.1) is 5.41 Å². The Morgan fingerprint density at radius 2 is 1.94 bits per heavy atom. The van der Waals surface area contributed by atoms with Gasteiger partial charge in [-0.15, -0.1) is 0 Å². The lowest BCUT2D eigenvalue weighted by atomic mass is 9.87. The molecule has 1 aromatic carbocycles. The van der Waals surface area contributed by atoms with Gasteiger partial charge in [0.1, 0.15) is 0 Å². The van der Waals surface area contributed by atoms with Crippen molar-refractivity contribution in [3.05, 3.63) is 28.8 Å². The van der Waals surface area contributed by atoms with E-state index in [1.54, 1.807) is 0 Å². The number of nitrogens with one attached hydrogen (secondary N) is 1. The number of anilines is 1. The van der Waals surface area contributed by atoms with Crippen LogP contribution in [-0.2, 0) is 6.54 Å². The molecular formula is C15H25ClN2. The molecule has 1 atom stereocenters. The number of rotatable bonds is 4. The molecule has 0 amide bonds. The zero-order valence-electron chi connectivity index (χ0n) is 12.3. The molecule has 2 nitrogen and oxygen atoms in total. The lowest BCUT2D eigenvalue weighted by molar-refractivity contribution is 0.330. The van der Waals surface area contributed by atoms with Gasteiger partial charge in [0.15, 0.2) is 0 Å². The van der Waals surface area contributed by atoms with Gasteiger partial charge < -0.3 is 10.2 Å². The van der Waals surface area contributed by atoms with E-state index in [9.17, 15) is 0 Å². The van der Waals surface area contributed by atoms with Gasteiger partial charge in [0.25, 0.3) is 0 Å². The summed E-state index contributed by atoms with van der Waals surface area (Å²) in [6.45, 7) is 9.81. The monoisotopic (exact) mass is 268 g/mol. The predicted molar refractivity (Wildman–Crippen MR) is 81.5 cm³/mol. The second kappa shape index (κ2) is 5.94. The summed E-state index contributed by atoms with van der Waals surface area (Å²) in [5, 5.41) is 3.95. The highest BCUT2D eigenvalue weighted by Gasteiger charge is 2.24. The van der Waals surface area contributed by atoms with E-state index in [4.69, 9.17) is 11.6 Å².